The van der Waals surface area contributed by atoms with Gasteiger partial charge in [-0.2, -0.15) is 10.2 Å². The Bertz CT molecular complexity index is 1700. The van der Waals surface area contributed by atoms with E-state index in [0.717, 1.165) is 23.0 Å². The largest absolute Gasteiger partial charge is 0.455 e. The Balaban J connectivity index is 1.54. The highest BCUT2D eigenvalue weighted by atomic mass is 35.5. The van der Waals surface area contributed by atoms with Crippen molar-refractivity contribution in [2.75, 3.05) is 12.9 Å². The van der Waals surface area contributed by atoms with Crippen molar-refractivity contribution in [1.82, 2.24) is 25.0 Å². The van der Waals surface area contributed by atoms with Crippen molar-refractivity contribution < 1.29 is 23.4 Å². The summed E-state index contributed by atoms with van der Waals surface area (Å²) in [7, 11) is -3.34. The van der Waals surface area contributed by atoms with Gasteiger partial charge in [-0.1, -0.05) is 11.6 Å². The molecule has 0 saturated heterocycles. The van der Waals surface area contributed by atoms with E-state index in [1.807, 2.05) is 12.1 Å². The summed E-state index contributed by atoms with van der Waals surface area (Å²) in [5.41, 5.74) is 3.37. The number of sulfone groups is 1. The molecule has 5 rings (SSSR count). The monoisotopic (exact) mass is 553 g/mol. The van der Waals surface area contributed by atoms with Gasteiger partial charge in [0.2, 0.25) is 0 Å². The van der Waals surface area contributed by atoms with Crippen LogP contribution >= 0.6 is 11.6 Å². The van der Waals surface area contributed by atoms with Gasteiger partial charge in [-0.05, 0) is 54.6 Å². The summed E-state index contributed by atoms with van der Waals surface area (Å²) >= 11 is 6.45. The molecule has 3 N–H and O–H groups in total. The van der Waals surface area contributed by atoms with E-state index >= 15 is 0 Å². The molecule has 1 atom stereocenters. The topological polar surface area (TPSA) is 143 Å². The highest BCUT2D eigenvalue weighted by molar-refractivity contribution is 7.90. The van der Waals surface area contributed by atoms with Gasteiger partial charge in [-0.15, -0.1) is 0 Å². The quantitative estimate of drug-likeness (QED) is 0.251. The van der Waals surface area contributed by atoms with Crippen LogP contribution in [0.15, 0.2) is 71.9 Å². The third kappa shape index (κ3) is 5.55. The minimum Gasteiger partial charge on any atom is -0.455 e. The van der Waals surface area contributed by atoms with Gasteiger partial charge < -0.3 is 14.9 Å². The molecule has 0 aliphatic carbocycles. The number of hydrogen-bond donors (Lipinski definition) is 3. The number of halogens is 1. The van der Waals surface area contributed by atoms with Crippen LogP contribution in [0.4, 0.5) is 0 Å². The predicted octanol–water partition coefficient (Wildman–Crippen LogP) is 3.61. The van der Waals surface area contributed by atoms with E-state index in [0.29, 0.717) is 39.7 Å². The van der Waals surface area contributed by atoms with Crippen molar-refractivity contribution in [3.63, 3.8) is 0 Å². The molecule has 0 saturated carbocycles. The lowest BCUT2D eigenvalue weighted by molar-refractivity contribution is 0.0782. The first-order valence-electron chi connectivity index (χ1n) is 11.6. The minimum atomic E-state index is -3.34. The number of H-pyrrole nitrogens is 1. The van der Waals surface area contributed by atoms with Crippen LogP contribution < -0.4 is 4.74 Å². The molecular formula is C26H24ClN5O5S. The molecule has 5 aromatic rings. The number of nitrogens with zero attached hydrogens (tertiary/aromatic N) is 4. The number of nitrogens with one attached hydrogen (secondary N) is 1. The van der Waals surface area contributed by atoms with Gasteiger partial charge in [0.25, 0.3) is 0 Å². The number of ether oxygens (including phenoxy) is 1. The van der Waals surface area contributed by atoms with Crippen molar-refractivity contribution in [3.05, 3.63) is 83.4 Å². The molecule has 0 fully saturated rings. The SMILES string of the molecule is CS(=O)(=O)c1ccc(Oc2cc(-c3ncccc3Cl)cc3c(Cc4ccn(CC(O)CO)n4)[nH]nc23)cc1. The van der Waals surface area contributed by atoms with Crippen LogP contribution in [0.1, 0.15) is 11.4 Å². The summed E-state index contributed by atoms with van der Waals surface area (Å²) in [6.07, 6.45) is 4.06. The summed E-state index contributed by atoms with van der Waals surface area (Å²) in [5.74, 6) is 0.874. The van der Waals surface area contributed by atoms with E-state index in [2.05, 4.69) is 20.3 Å². The Morgan fingerprint density at radius 2 is 1.95 bits per heavy atom. The van der Waals surface area contributed by atoms with E-state index < -0.39 is 15.9 Å². The van der Waals surface area contributed by atoms with Crippen LogP contribution in [-0.2, 0) is 22.8 Å². The van der Waals surface area contributed by atoms with E-state index in [4.69, 9.17) is 21.4 Å². The molecule has 1 unspecified atom stereocenters. The zero-order valence-electron chi connectivity index (χ0n) is 20.2. The van der Waals surface area contributed by atoms with E-state index in [1.54, 1.807) is 47.4 Å². The Labute approximate surface area is 223 Å². The van der Waals surface area contributed by atoms with Crippen molar-refractivity contribution in [2.45, 2.75) is 24.0 Å². The van der Waals surface area contributed by atoms with E-state index in [-0.39, 0.29) is 18.0 Å². The van der Waals surface area contributed by atoms with Crippen LogP contribution in [0.3, 0.4) is 0 Å². The van der Waals surface area contributed by atoms with Gasteiger partial charge in [0.05, 0.1) is 40.6 Å². The first-order chi connectivity index (χ1) is 18.2. The molecule has 196 valence electrons. The average molecular weight is 554 g/mol. The van der Waals surface area contributed by atoms with Crippen LogP contribution in [0.25, 0.3) is 22.2 Å². The molecule has 0 spiro atoms. The third-order valence-corrected chi connectivity index (χ3v) is 7.31. The molecule has 0 amide bonds. The Morgan fingerprint density at radius 1 is 1.16 bits per heavy atom. The lowest BCUT2D eigenvalue weighted by Gasteiger charge is -2.11. The average Bonchev–Trinajstić information content (AvgIpc) is 3.51. The van der Waals surface area contributed by atoms with E-state index in [9.17, 15) is 13.5 Å². The normalized spacial score (nSPS) is 12.6. The maximum absolute atomic E-state index is 11.8. The lowest BCUT2D eigenvalue weighted by atomic mass is 10.0. The number of aromatic amines is 1. The molecule has 3 heterocycles. The number of aliphatic hydroxyl groups excluding tert-OH is 2. The van der Waals surface area contributed by atoms with Crippen molar-refractivity contribution in [1.29, 1.82) is 0 Å². The van der Waals surface area contributed by atoms with Crippen LogP contribution in [0.5, 0.6) is 11.5 Å². The molecule has 3 aromatic heterocycles. The number of rotatable bonds is 9. The molecule has 2 aromatic carbocycles. The predicted molar refractivity (Wildman–Crippen MR) is 142 cm³/mol. The first-order valence-corrected chi connectivity index (χ1v) is 13.9. The summed E-state index contributed by atoms with van der Waals surface area (Å²) in [6, 6.07) is 15.2. The van der Waals surface area contributed by atoms with Crippen LogP contribution in [0.2, 0.25) is 5.02 Å². The maximum Gasteiger partial charge on any atom is 0.175 e. The molecule has 0 radical (unpaired) electrons. The fraction of sp³-hybridized carbons (Fsp3) is 0.192. The molecule has 38 heavy (non-hydrogen) atoms. The highest BCUT2D eigenvalue weighted by Gasteiger charge is 2.18. The van der Waals surface area contributed by atoms with Crippen molar-refractivity contribution in [2.24, 2.45) is 0 Å². The second-order valence-electron chi connectivity index (χ2n) is 8.79. The van der Waals surface area contributed by atoms with Gasteiger partial charge in [0, 0.05) is 41.7 Å². The number of fused-ring (bicyclic) bond motifs is 1. The molecule has 0 aliphatic heterocycles. The van der Waals surface area contributed by atoms with Gasteiger partial charge >= 0.3 is 0 Å². The lowest BCUT2D eigenvalue weighted by Crippen LogP contribution is -2.20. The minimum absolute atomic E-state index is 0.179. The van der Waals surface area contributed by atoms with Gasteiger partial charge in [-0.25, -0.2) is 8.42 Å². The van der Waals surface area contributed by atoms with Crippen LogP contribution in [-0.4, -0.2) is 62.6 Å². The number of benzene rings is 2. The Morgan fingerprint density at radius 3 is 2.66 bits per heavy atom. The summed E-state index contributed by atoms with van der Waals surface area (Å²) < 4.78 is 31.4. The molecule has 12 heteroatoms. The second-order valence-corrected chi connectivity index (χ2v) is 11.2. The van der Waals surface area contributed by atoms with E-state index in [1.165, 1.54) is 12.1 Å². The number of pyridine rings is 1. The van der Waals surface area contributed by atoms with Gasteiger partial charge in [0.15, 0.2) is 15.6 Å². The van der Waals surface area contributed by atoms with Gasteiger partial charge in [0.1, 0.15) is 11.3 Å². The van der Waals surface area contributed by atoms with Crippen molar-refractivity contribution in [3.8, 4) is 22.8 Å². The fourth-order valence-electron chi connectivity index (χ4n) is 4.02. The summed E-state index contributed by atoms with van der Waals surface area (Å²) in [6.45, 7) is -0.169. The standard InChI is InChI=1S/C26H24ClN5O5S/c1-38(35,36)20-6-4-19(5-7-20)37-24-12-16(25-22(27)3-2-9-28-25)11-21-23(29-30-26(21)24)13-17-8-10-32(31-17)14-18(34)15-33/h2-12,18,33-34H,13-15H2,1H3,(H,29,30). The van der Waals surface area contributed by atoms with Crippen molar-refractivity contribution >= 4 is 32.3 Å². The van der Waals surface area contributed by atoms with Gasteiger partial charge in [-0.3, -0.25) is 14.8 Å². The maximum atomic E-state index is 11.8. The van der Waals surface area contributed by atoms with Crippen LogP contribution in [0, 0.1) is 0 Å². The molecule has 0 aliphatic rings. The summed E-state index contributed by atoms with van der Waals surface area (Å²) in [4.78, 5) is 4.63. The number of aromatic nitrogens is 5. The molecule has 10 nitrogen and oxygen atoms in total. The molecular weight excluding hydrogens is 530 g/mol. The Hall–Kier alpha value is -3.77. The Kier molecular flexibility index (Phi) is 7.17. The highest BCUT2D eigenvalue weighted by Crippen LogP contribution is 2.37. The second kappa shape index (κ2) is 10.5. The smallest absolute Gasteiger partial charge is 0.175 e. The molecule has 0 bridgehead atoms. The third-order valence-electron chi connectivity index (χ3n) is 5.88. The number of aliphatic hydroxyl groups is 2. The zero-order valence-corrected chi connectivity index (χ0v) is 21.8. The summed E-state index contributed by atoms with van der Waals surface area (Å²) in [5, 5.41) is 32.1. The fourth-order valence-corrected chi connectivity index (χ4v) is 4.88. The first kappa shape index (κ1) is 25.9. The zero-order chi connectivity index (χ0) is 26.9. The number of hydrogen-bond acceptors (Lipinski definition) is 8.